The molecule has 0 unspecified atom stereocenters. The van der Waals surface area contributed by atoms with Crippen molar-refractivity contribution in [1.82, 2.24) is 15.5 Å². The molecule has 2 aromatic rings. The Bertz CT molecular complexity index is 818. The average molecular weight is 418 g/mol. The van der Waals surface area contributed by atoms with E-state index in [1.807, 2.05) is 30.3 Å². The first-order valence-electron chi connectivity index (χ1n) is 9.73. The predicted molar refractivity (Wildman–Crippen MR) is 112 cm³/mol. The number of hydrogen-bond acceptors (Lipinski definition) is 6. The monoisotopic (exact) mass is 417 g/mol. The van der Waals surface area contributed by atoms with Crippen LogP contribution in [0.1, 0.15) is 27.0 Å². The van der Waals surface area contributed by atoms with E-state index >= 15 is 0 Å². The molecule has 8 heteroatoms. The van der Waals surface area contributed by atoms with Gasteiger partial charge in [0.25, 0.3) is 5.91 Å². The van der Waals surface area contributed by atoms with Gasteiger partial charge in [-0.05, 0) is 29.8 Å². The van der Waals surface area contributed by atoms with Crippen LogP contribution in [0.25, 0.3) is 0 Å². The summed E-state index contributed by atoms with van der Waals surface area (Å²) in [6, 6.07) is 11.4. The quantitative estimate of drug-likeness (QED) is 0.653. The molecule has 1 aliphatic rings. The lowest BCUT2D eigenvalue weighted by Gasteiger charge is -2.26. The molecule has 0 radical (unpaired) electrons. The van der Waals surface area contributed by atoms with Crippen LogP contribution in [0.2, 0.25) is 0 Å². The Kier molecular flexibility index (Phi) is 8.03. The van der Waals surface area contributed by atoms with Crippen LogP contribution in [0.4, 0.5) is 0 Å². The van der Waals surface area contributed by atoms with Crippen molar-refractivity contribution >= 4 is 23.2 Å². The molecule has 7 nitrogen and oxygen atoms in total. The van der Waals surface area contributed by atoms with Crippen LogP contribution in [-0.2, 0) is 22.6 Å². The second kappa shape index (κ2) is 10.9. The molecular weight excluding hydrogens is 390 g/mol. The molecule has 2 N–H and O–H groups in total. The summed E-state index contributed by atoms with van der Waals surface area (Å²) in [6.45, 7) is 7.32. The first-order valence-corrected chi connectivity index (χ1v) is 10.5. The van der Waals surface area contributed by atoms with Gasteiger partial charge in [-0.3, -0.25) is 14.5 Å². The zero-order valence-corrected chi connectivity index (χ0v) is 17.4. The maximum Gasteiger partial charge on any atom is 0.261 e. The Morgan fingerprint density at radius 3 is 2.76 bits per heavy atom. The number of nitrogens with zero attached hydrogens (tertiary/aromatic N) is 1. The van der Waals surface area contributed by atoms with Crippen molar-refractivity contribution in [3.05, 3.63) is 51.7 Å². The Morgan fingerprint density at radius 1 is 1.14 bits per heavy atom. The van der Waals surface area contributed by atoms with Crippen LogP contribution in [0.3, 0.4) is 0 Å². The molecule has 29 heavy (non-hydrogen) atoms. The third-order valence-corrected chi connectivity index (χ3v) is 5.61. The maximum absolute atomic E-state index is 12.4. The number of hydrogen-bond donors (Lipinski definition) is 2. The Labute approximate surface area is 175 Å². The minimum atomic E-state index is -0.122. The molecule has 156 valence electrons. The third-order valence-electron chi connectivity index (χ3n) is 4.53. The van der Waals surface area contributed by atoms with Crippen molar-refractivity contribution < 1.29 is 19.1 Å². The number of nitrogens with one attached hydrogen (secondary N) is 2. The topological polar surface area (TPSA) is 79.9 Å². The van der Waals surface area contributed by atoms with Crippen molar-refractivity contribution in [2.75, 3.05) is 39.5 Å². The van der Waals surface area contributed by atoms with Gasteiger partial charge in [0, 0.05) is 38.0 Å². The van der Waals surface area contributed by atoms with E-state index in [1.165, 1.54) is 18.3 Å². The first-order chi connectivity index (χ1) is 14.1. The van der Waals surface area contributed by atoms with Gasteiger partial charge in [0.15, 0.2) is 0 Å². The predicted octanol–water partition coefficient (Wildman–Crippen LogP) is 2.03. The summed E-state index contributed by atoms with van der Waals surface area (Å²) in [5.74, 6) is 0.595. The highest BCUT2D eigenvalue weighted by Gasteiger charge is 2.11. The summed E-state index contributed by atoms with van der Waals surface area (Å²) in [7, 11) is 0. The molecule has 2 amide bonds. The van der Waals surface area contributed by atoms with Crippen molar-refractivity contribution in [2.24, 2.45) is 0 Å². The lowest BCUT2D eigenvalue weighted by molar-refractivity contribution is -0.119. The largest absolute Gasteiger partial charge is 0.492 e. The number of carbonyl (C=O) groups excluding carboxylic acids is 2. The fourth-order valence-corrected chi connectivity index (χ4v) is 3.80. The van der Waals surface area contributed by atoms with Crippen molar-refractivity contribution in [3.8, 4) is 5.75 Å². The van der Waals surface area contributed by atoms with Gasteiger partial charge in [0.05, 0.1) is 24.6 Å². The summed E-state index contributed by atoms with van der Waals surface area (Å²) in [6.07, 6.45) is 0. The fourth-order valence-electron chi connectivity index (χ4n) is 2.94. The molecule has 0 bridgehead atoms. The lowest BCUT2D eigenvalue weighted by atomic mass is 10.2. The van der Waals surface area contributed by atoms with Gasteiger partial charge in [-0.25, -0.2) is 0 Å². The van der Waals surface area contributed by atoms with Gasteiger partial charge in [-0.1, -0.05) is 12.1 Å². The number of ether oxygens (including phenoxy) is 2. The Hall–Kier alpha value is -2.42. The van der Waals surface area contributed by atoms with Gasteiger partial charge >= 0.3 is 0 Å². The molecule has 1 aliphatic heterocycles. The number of thiophene rings is 1. The highest BCUT2D eigenvalue weighted by Crippen LogP contribution is 2.17. The normalized spacial score (nSPS) is 14.4. The second-order valence-electron chi connectivity index (χ2n) is 6.81. The first kappa shape index (κ1) is 21.3. The van der Waals surface area contributed by atoms with Crippen molar-refractivity contribution in [3.63, 3.8) is 0 Å². The zero-order valence-electron chi connectivity index (χ0n) is 16.6. The molecule has 1 aromatic carbocycles. The maximum atomic E-state index is 12.4. The number of morpholine rings is 1. The van der Waals surface area contributed by atoms with Crippen LogP contribution in [0.15, 0.2) is 36.4 Å². The van der Waals surface area contributed by atoms with E-state index in [9.17, 15) is 9.59 Å². The fraction of sp³-hybridized carbons (Fsp3) is 0.429. The number of rotatable bonds is 9. The third kappa shape index (κ3) is 7.16. The van der Waals surface area contributed by atoms with E-state index in [0.29, 0.717) is 24.6 Å². The smallest absolute Gasteiger partial charge is 0.261 e. The van der Waals surface area contributed by atoms with E-state index in [0.717, 1.165) is 49.0 Å². The molecule has 0 saturated carbocycles. The highest BCUT2D eigenvalue weighted by molar-refractivity contribution is 7.14. The van der Waals surface area contributed by atoms with Gasteiger partial charge in [-0.2, -0.15) is 0 Å². The van der Waals surface area contributed by atoms with E-state index in [-0.39, 0.29) is 11.8 Å². The molecule has 3 rings (SSSR count). The second-order valence-corrected chi connectivity index (χ2v) is 7.98. The Morgan fingerprint density at radius 2 is 1.97 bits per heavy atom. The lowest BCUT2D eigenvalue weighted by Crippen LogP contribution is -2.38. The van der Waals surface area contributed by atoms with Crippen LogP contribution in [0.5, 0.6) is 5.75 Å². The molecule has 2 heterocycles. The summed E-state index contributed by atoms with van der Waals surface area (Å²) in [5, 5.41) is 5.67. The highest BCUT2D eigenvalue weighted by atomic mass is 32.1. The Balaban J connectivity index is 1.43. The summed E-state index contributed by atoms with van der Waals surface area (Å²) < 4.78 is 11.2. The molecule has 0 aliphatic carbocycles. The minimum Gasteiger partial charge on any atom is -0.492 e. The van der Waals surface area contributed by atoms with Crippen molar-refractivity contribution in [1.29, 1.82) is 0 Å². The molecular formula is C21H27N3O4S. The van der Waals surface area contributed by atoms with Gasteiger partial charge in [-0.15, -0.1) is 11.3 Å². The zero-order chi connectivity index (χ0) is 20.5. The van der Waals surface area contributed by atoms with E-state index < -0.39 is 0 Å². The van der Waals surface area contributed by atoms with Crippen LogP contribution >= 0.6 is 11.3 Å². The van der Waals surface area contributed by atoms with Crippen LogP contribution in [0, 0.1) is 0 Å². The molecule has 1 saturated heterocycles. The molecule has 0 spiro atoms. The number of amides is 2. The van der Waals surface area contributed by atoms with Crippen LogP contribution in [-0.4, -0.2) is 56.2 Å². The molecule has 0 atom stereocenters. The van der Waals surface area contributed by atoms with E-state index in [1.54, 1.807) is 6.07 Å². The van der Waals surface area contributed by atoms with E-state index in [2.05, 4.69) is 15.5 Å². The average Bonchev–Trinajstić information content (AvgIpc) is 3.21. The van der Waals surface area contributed by atoms with Crippen LogP contribution < -0.4 is 15.4 Å². The van der Waals surface area contributed by atoms with E-state index in [4.69, 9.17) is 9.47 Å². The standard InChI is InChI=1S/C21H27N3O4S/c1-16(25)22-15-19-5-6-20(29-19)21(26)23-14-17-3-2-4-18(13-17)28-12-9-24-7-10-27-11-8-24/h2-6,13H,7-12,14-15H2,1H3,(H,22,25)(H,23,26). The van der Waals surface area contributed by atoms with Gasteiger partial charge in [0.2, 0.25) is 5.91 Å². The van der Waals surface area contributed by atoms with Crippen molar-refractivity contribution in [2.45, 2.75) is 20.0 Å². The summed E-state index contributed by atoms with van der Waals surface area (Å²) in [5.41, 5.74) is 0.984. The molecule has 1 aromatic heterocycles. The van der Waals surface area contributed by atoms with Gasteiger partial charge in [0.1, 0.15) is 12.4 Å². The van der Waals surface area contributed by atoms with Gasteiger partial charge < -0.3 is 20.1 Å². The number of benzene rings is 1. The minimum absolute atomic E-state index is 0.0866. The number of carbonyl (C=O) groups is 2. The summed E-state index contributed by atoms with van der Waals surface area (Å²) >= 11 is 1.38. The summed E-state index contributed by atoms with van der Waals surface area (Å²) in [4.78, 5) is 27.3. The SMILES string of the molecule is CC(=O)NCc1ccc(C(=O)NCc2cccc(OCCN3CCOCC3)c2)s1. The molecule has 1 fully saturated rings.